The quantitative estimate of drug-likeness (QED) is 0.821. The maximum atomic E-state index is 12.4. The second kappa shape index (κ2) is 5.27. The molecule has 0 saturated carbocycles. The molecule has 0 aliphatic carbocycles. The van der Waals surface area contributed by atoms with Gasteiger partial charge in [-0.15, -0.1) is 0 Å². The van der Waals surface area contributed by atoms with E-state index in [1.807, 2.05) is 48.5 Å². The number of nitrogens with one attached hydrogen (secondary N) is 1. The molecule has 0 bridgehead atoms. The molecule has 0 aromatic heterocycles. The Labute approximate surface area is 113 Å². The van der Waals surface area contributed by atoms with Crippen molar-refractivity contribution in [1.29, 1.82) is 0 Å². The van der Waals surface area contributed by atoms with Crippen LogP contribution in [0.3, 0.4) is 0 Å². The first-order valence-corrected chi connectivity index (χ1v) is 6.78. The van der Waals surface area contributed by atoms with Crippen molar-refractivity contribution in [1.82, 2.24) is 0 Å². The van der Waals surface area contributed by atoms with Gasteiger partial charge in [-0.05, 0) is 36.5 Å². The van der Waals surface area contributed by atoms with Gasteiger partial charge in [-0.25, -0.2) is 0 Å². The van der Waals surface area contributed by atoms with E-state index in [1.54, 1.807) is 0 Å². The van der Waals surface area contributed by atoms with Gasteiger partial charge < -0.3 is 5.32 Å². The van der Waals surface area contributed by atoms with E-state index in [0.717, 1.165) is 30.5 Å². The standard InChI is InChI=1S/C17H17NO/c19-17-15(13-7-2-1-3-8-13)11-6-10-14-9-4-5-12-16(14)18-17/h1-5,7-9,12,15H,6,10-11H2,(H,18,19). The molecular formula is C17H17NO. The zero-order chi connectivity index (χ0) is 13.1. The minimum Gasteiger partial charge on any atom is -0.325 e. The highest BCUT2D eigenvalue weighted by Crippen LogP contribution is 2.28. The van der Waals surface area contributed by atoms with Gasteiger partial charge in [0.15, 0.2) is 0 Å². The molecule has 3 rings (SSSR count). The number of hydrogen-bond acceptors (Lipinski definition) is 1. The zero-order valence-corrected chi connectivity index (χ0v) is 10.8. The first-order chi connectivity index (χ1) is 9.34. The second-order valence-electron chi connectivity index (χ2n) is 5.00. The summed E-state index contributed by atoms with van der Waals surface area (Å²) in [6.45, 7) is 0. The monoisotopic (exact) mass is 251 g/mol. The molecule has 0 spiro atoms. The van der Waals surface area contributed by atoms with E-state index in [4.69, 9.17) is 0 Å². The van der Waals surface area contributed by atoms with Crippen LogP contribution in [0.5, 0.6) is 0 Å². The molecule has 1 N–H and O–H groups in total. The highest BCUT2D eigenvalue weighted by Gasteiger charge is 2.23. The maximum absolute atomic E-state index is 12.4. The molecule has 0 saturated heterocycles. The molecule has 1 amide bonds. The van der Waals surface area contributed by atoms with Gasteiger partial charge in [-0.2, -0.15) is 0 Å². The average molecular weight is 251 g/mol. The van der Waals surface area contributed by atoms with E-state index < -0.39 is 0 Å². The van der Waals surface area contributed by atoms with E-state index in [9.17, 15) is 4.79 Å². The summed E-state index contributed by atoms with van der Waals surface area (Å²) < 4.78 is 0. The third-order valence-corrected chi connectivity index (χ3v) is 3.73. The van der Waals surface area contributed by atoms with Crippen LogP contribution in [-0.2, 0) is 11.2 Å². The summed E-state index contributed by atoms with van der Waals surface area (Å²) in [5.74, 6) is 0.0768. The van der Waals surface area contributed by atoms with Crippen LogP contribution in [0.2, 0.25) is 0 Å². The number of aryl methyl sites for hydroxylation is 1. The lowest BCUT2D eigenvalue weighted by molar-refractivity contribution is -0.117. The number of fused-ring (bicyclic) bond motifs is 1. The second-order valence-corrected chi connectivity index (χ2v) is 5.00. The Morgan fingerprint density at radius 2 is 1.68 bits per heavy atom. The van der Waals surface area contributed by atoms with Gasteiger partial charge >= 0.3 is 0 Å². The van der Waals surface area contributed by atoms with Crippen molar-refractivity contribution in [3.63, 3.8) is 0 Å². The van der Waals surface area contributed by atoms with E-state index in [-0.39, 0.29) is 11.8 Å². The Balaban J connectivity index is 1.90. The number of carbonyl (C=O) groups excluding carboxylic acids is 1. The third-order valence-electron chi connectivity index (χ3n) is 3.73. The number of carbonyl (C=O) groups is 1. The van der Waals surface area contributed by atoms with Gasteiger partial charge in [0.2, 0.25) is 5.91 Å². The Morgan fingerprint density at radius 3 is 2.53 bits per heavy atom. The van der Waals surface area contributed by atoms with Gasteiger partial charge in [0.25, 0.3) is 0 Å². The van der Waals surface area contributed by atoms with Crippen LogP contribution < -0.4 is 5.32 Å². The minimum atomic E-state index is -0.0328. The van der Waals surface area contributed by atoms with Gasteiger partial charge in [0.1, 0.15) is 0 Å². The number of amides is 1. The third kappa shape index (κ3) is 2.53. The van der Waals surface area contributed by atoms with Crippen molar-refractivity contribution in [2.24, 2.45) is 0 Å². The number of para-hydroxylation sites is 1. The average Bonchev–Trinajstić information content (AvgIpc) is 2.44. The van der Waals surface area contributed by atoms with Crippen LogP contribution in [0.1, 0.15) is 29.9 Å². The highest BCUT2D eigenvalue weighted by atomic mass is 16.1. The summed E-state index contributed by atoms with van der Waals surface area (Å²) in [4.78, 5) is 12.4. The first-order valence-electron chi connectivity index (χ1n) is 6.78. The zero-order valence-electron chi connectivity index (χ0n) is 10.8. The molecule has 1 atom stereocenters. The van der Waals surface area contributed by atoms with Crippen LogP contribution in [-0.4, -0.2) is 5.91 Å². The molecule has 2 nitrogen and oxygen atoms in total. The predicted molar refractivity (Wildman–Crippen MR) is 77.2 cm³/mol. The van der Waals surface area contributed by atoms with Crippen LogP contribution in [0.4, 0.5) is 5.69 Å². The molecule has 96 valence electrons. The van der Waals surface area contributed by atoms with E-state index in [0.29, 0.717) is 0 Å². The Kier molecular flexibility index (Phi) is 3.32. The van der Waals surface area contributed by atoms with Gasteiger partial charge in [0.05, 0.1) is 5.92 Å². The SMILES string of the molecule is O=C1Nc2ccccc2CCCC1c1ccccc1. The van der Waals surface area contributed by atoms with Crippen LogP contribution in [0.15, 0.2) is 54.6 Å². The topological polar surface area (TPSA) is 29.1 Å². The molecule has 2 aromatic rings. The molecule has 1 aliphatic heterocycles. The van der Waals surface area contributed by atoms with Crippen molar-refractivity contribution in [3.05, 3.63) is 65.7 Å². The molecule has 1 heterocycles. The number of rotatable bonds is 1. The summed E-state index contributed by atoms with van der Waals surface area (Å²) in [5, 5.41) is 3.07. The smallest absolute Gasteiger partial charge is 0.231 e. The summed E-state index contributed by atoms with van der Waals surface area (Å²) in [6, 6.07) is 18.1. The Hall–Kier alpha value is -2.09. The van der Waals surface area contributed by atoms with Crippen molar-refractivity contribution >= 4 is 11.6 Å². The molecular weight excluding hydrogens is 234 g/mol. The van der Waals surface area contributed by atoms with Crippen molar-refractivity contribution < 1.29 is 4.79 Å². The molecule has 1 unspecified atom stereocenters. The van der Waals surface area contributed by atoms with Crippen LogP contribution >= 0.6 is 0 Å². The fourth-order valence-corrected chi connectivity index (χ4v) is 2.71. The van der Waals surface area contributed by atoms with Crippen molar-refractivity contribution in [3.8, 4) is 0 Å². The molecule has 0 fully saturated rings. The normalized spacial score (nSPS) is 18.9. The first kappa shape index (κ1) is 12.0. The molecule has 2 heteroatoms. The summed E-state index contributed by atoms with van der Waals surface area (Å²) in [6.07, 6.45) is 2.98. The number of anilines is 1. The fraction of sp³-hybridized carbons (Fsp3) is 0.235. The van der Waals surface area contributed by atoms with E-state index >= 15 is 0 Å². The molecule has 1 aliphatic rings. The Bertz CT molecular complexity index is 577. The van der Waals surface area contributed by atoms with Crippen LogP contribution in [0.25, 0.3) is 0 Å². The Morgan fingerprint density at radius 1 is 0.947 bits per heavy atom. The summed E-state index contributed by atoms with van der Waals surface area (Å²) >= 11 is 0. The van der Waals surface area contributed by atoms with Gasteiger partial charge in [-0.3, -0.25) is 4.79 Å². The van der Waals surface area contributed by atoms with Gasteiger partial charge in [-0.1, -0.05) is 48.5 Å². The lowest BCUT2D eigenvalue weighted by Crippen LogP contribution is -2.23. The van der Waals surface area contributed by atoms with Gasteiger partial charge in [0, 0.05) is 5.69 Å². The molecule has 0 radical (unpaired) electrons. The molecule has 19 heavy (non-hydrogen) atoms. The fourth-order valence-electron chi connectivity index (χ4n) is 2.71. The lowest BCUT2D eigenvalue weighted by atomic mass is 9.90. The largest absolute Gasteiger partial charge is 0.325 e. The maximum Gasteiger partial charge on any atom is 0.231 e. The lowest BCUT2D eigenvalue weighted by Gasteiger charge is -2.22. The van der Waals surface area contributed by atoms with E-state index in [2.05, 4.69) is 11.4 Å². The summed E-state index contributed by atoms with van der Waals surface area (Å²) in [5.41, 5.74) is 3.31. The minimum absolute atomic E-state index is 0.0328. The van der Waals surface area contributed by atoms with Crippen molar-refractivity contribution in [2.45, 2.75) is 25.2 Å². The van der Waals surface area contributed by atoms with E-state index in [1.165, 1.54) is 5.56 Å². The number of benzene rings is 2. The van der Waals surface area contributed by atoms with Crippen molar-refractivity contribution in [2.75, 3.05) is 5.32 Å². The summed E-state index contributed by atoms with van der Waals surface area (Å²) in [7, 11) is 0. The predicted octanol–water partition coefficient (Wildman–Crippen LogP) is 3.75. The van der Waals surface area contributed by atoms with Crippen LogP contribution in [0, 0.1) is 0 Å². The highest BCUT2D eigenvalue weighted by molar-refractivity contribution is 5.96. The molecule has 2 aromatic carbocycles. The number of hydrogen-bond donors (Lipinski definition) is 1.